The molecule has 0 spiro atoms. The average Bonchev–Trinajstić information content (AvgIpc) is 2.76. The average molecular weight is 458 g/mol. The van der Waals surface area contributed by atoms with Gasteiger partial charge in [0.2, 0.25) is 0 Å². The van der Waals surface area contributed by atoms with Crippen molar-refractivity contribution in [3.8, 4) is 17.2 Å². The largest absolute Gasteiger partial charge is 0.495 e. The molecular formula is C23H21Cl2N3O3. The predicted molar refractivity (Wildman–Crippen MR) is 126 cm³/mol. The number of halogens is 2. The molecule has 0 aliphatic carbocycles. The van der Waals surface area contributed by atoms with Gasteiger partial charge in [-0.1, -0.05) is 29.3 Å². The molecule has 0 bridgehead atoms. The second kappa shape index (κ2) is 8.57. The zero-order valence-electron chi connectivity index (χ0n) is 17.3. The first-order chi connectivity index (χ1) is 14.9. The Kier molecular flexibility index (Phi) is 5.85. The SMILES string of the molecule is COc1cc(OC)c(Cl)c(C2=Cc3cnc(Nc4ccc(C)cc4N)cc3OC2)c1Cl. The van der Waals surface area contributed by atoms with Crippen LogP contribution in [0.15, 0.2) is 36.5 Å². The summed E-state index contributed by atoms with van der Waals surface area (Å²) in [6, 6.07) is 9.30. The highest BCUT2D eigenvalue weighted by Crippen LogP contribution is 2.45. The van der Waals surface area contributed by atoms with Gasteiger partial charge < -0.3 is 25.3 Å². The number of ether oxygens (including phenoxy) is 3. The van der Waals surface area contributed by atoms with E-state index >= 15 is 0 Å². The van der Waals surface area contributed by atoms with Crippen molar-refractivity contribution in [3.63, 3.8) is 0 Å². The molecule has 0 atom stereocenters. The van der Waals surface area contributed by atoms with Crippen molar-refractivity contribution in [1.29, 1.82) is 0 Å². The van der Waals surface area contributed by atoms with E-state index in [0.717, 1.165) is 22.4 Å². The number of rotatable bonds is 5. The summed E-state index contributed by atoms with van der Waals surface area (Å²) in [4.78, 5) is 4.48. The molecule has 0 radical (unpaired) electrons. The molecule has 160 valence electrons. The third-order valence-electron chi connectivity index (χ3n) is 4.97. The smallest absolute Gasteiger partial charge is 0.141 e. The molecule has 0 amide bonds. The highest BCUT2D eigenvalue weighted by Gasteiger charge is 2.23. The van der Waals surface area contributed by atoms with Crippen molar-refractivity contribution < 1.29 is 14.2 Å². The molecule has 3 aromatic rings. The fourth-order valence-electron chi connectivity index (χ4n) is 3.38. The van der Waals surface area contributed by atoms with Crippen LogP contribution in [-0.2, 0) is 0 Å². The Morgan fingerprint density at radius 3 is 2.42 bits per heavy atom. The van der Waals surface area contributed by atoms with Gasteiger partial charge >= 0.3 is 0 Å². The van der Waals surface area contributed by atoms with Crippen LogP contribution in [0, 0.1) is 6.92 Å². The zero-order valence-corrected chi connectivity index (χ0v) is 18.8. The quantitative estimate of drug-likeness (QED) is 0.459. The van der Waals surface area contributed by atoms with E-state index in [1.807, 2.05) is 37.3 Å². The molecule has 8 heteroatoms. The summed E-state index contributed by atoms with van der Waals surface area (Å²) in [5, 5.41) is 4.02. The molecule has 0 saturated carbocycles. The van der Waals surface area contributed by atoms with Crippen LogP contribution in [0.5, 0.6) is 17.2 Å². The number of methoxy groups -OCH3 is 2. The summed E-state index contributed by atoms with van der Waals surface area (Å²) < 4.78 is 16.7. The Morgan fingerprint density at radius 2 is 1.77 bits per heavy atom. The maximum atomic E-state index is 6.55. The molecule has 3 N–H and O–H groups in total. The van der Waals surface area contributed by atoms with Gasteiger partial charge in [-0.15, -0.1) is 0 Å². The summed E-state index contributed by atoms with van der Waals surface area (Å²) in [5.41, 5.74) is 10.8. The number of benzene rings is 2. The minimum absolute atomic E-state index is 0.277. The summed E-state index contributed by atoms with van der Waals surface area (Å²) in [7, 11) is 3.08. The van der Waals surface area contributed by atoms with Gasteiger partial charge in [0.25, 0.3) is 0 Å². The Labute approximate surface area is 190 Å². The predicted octanol–water partition coefficient (Wildman–Crippen LogP) is 5.97. The zero-order chi connectivity index (χ0) is 22.1. The molecule has 0 unspecified atom stereocenters. The highest BCUT2D eigenvalue weighted by molar-refractivity contribution is 6.39. The van der Waals surface area contributed by atoms with Gasteiger partial charge in [-0.3, -0.25) is 0 Å². The maximum absolute atomic E-state index is 6.55. The second-order valence-corrected chi connectivity index (χ2v) is 7.82. The van der Waals surface area contributed by atoms with Gasteiger partial charge in [-0.2, -0.15) is 0 Å². The fourth-order valence-corrected chi connectivity index (χ4v) is 4.12. The maximum Gasteiger partial charge on any atom is 0.141 e. The highest BCUT2D eigenvalue weighted by atomic mass is 35.5. The van der Waals surface area contributed by atoms with Gasteiger partial charge in [0.1, 0.15) is 29.7 Å². The number of nitrogen functional groups attached to an aromatic ring is 1. The normalized spacial score (nSPS) is 12.5. The molecule has 1 aromatic heterocycles. The number of nitrogens with two attached hydrogens (primary N) is 1. The molecule has 1 aliphatic heterocycles. The number of fused-ring (bicyclic) bond motifs is 1. The lowest BCUT2D eigenvalue weighted by Gasteiger charge is -2.22. The van der Waals surface area contributed by atoms with Crippen LogP contribution in [0.1, 0.15) is 16.7 Å². The van der Waals surface area contributed by atoms with Crippen LogP contribution in [0.3, 0.4) is 0 Å². The number of hydrogen-bond donors (Lipinski definition) is 2. The van der Waals surface area contributed by atoms with E-state index < -0.39 is 0 Å². The molecule has 31 heavy (non-hydrogen) atoms. The third-order valence-corrected chi connectivity index (χ3v) is 5.72. The molecule has 2 heterocycles. The topological polar surface area (TPSA) is 78.6 Å². The first-order valence-electron chi connectivity index (χ1n) is 9.48. The van der Waals surface area contributed by atoms with E-state index in [9.17, 15) is 0 Å². The Morgan fingerprint density at radius 1 is 1.06 bits per heavy atom. The lowest BCUT2D eigenvalue weighted by Crippen LogP contribution is -2.09. The fraction of sp³-hybridized carbons (Fsp3) is 0.174. The number of nitrogens with one attached hydrogen (secondary N) is 1. The van der Waals surface area contributed by atoms with Crippen molar-refractivity contribution in [3.05, 3.63) is 63.3 Å². The number of aryl methyl sites for hydroxylation is 1. The Balaban J connectivity index is 1.68. The van der Waals surface area contributed by atoms with Crippen LogP contribution < -0.4 is 25.3 Å². The summed E-state index contributed by atoms with van der Waals surface area (Å²) in [6.45, 7) is 2.27. The van der Waals surface area contributed by atoms with E-state index in [1.54, 1.807) is 26.5 Å². The van der Waals surface area contributed by atoms with Gasteiger partial charge in [0.15, 0.2) is 0 Å². The van der Waals surface area contributed by atoms with Gasteiger partial charge in [0.05, 0.1) is 35.6 Å². The first-order valence-corrected chi connectivity index (χ1v) is 10.2. The van der Waals surface area contributed by atoms with E-state index in [2.05, 4.69) is 10.3 Å². The molecule has 0 saturated heterocycles. The van der Waals surface area contributed by atoms with Crippen LogP contribution in [0.2, 0.25) is 10.0 Å². The van der Waals surface area contributed by atoms with Crippen molar-refractivity contribution in [1.82, 2.24) is 4.98 Å². The molecule has 4 rings (SSSR count). The lowest BCUT2D eigenvalue weighted by molar-refractivity contribution is 0.365. The third kappa shape index (κ3) is 4.09. The van der Waals surface area contributed by atoms with E-state index in [4.69, 9.17) is 43.1 Å². The monoisotopic (exact) mass is 457 g/mol. The number of aromatic nitrogens is 1. The number of pyridine rings is 1. The van der Waals surface area contributed by atoms with Gasteiger partial charge in [-0.25, -0.2) is 4.98 Å². The van der Waals surface area contributed by atoms with E-state index in [1.165, 1.54) is 0 Å². The summed E-state index contributed by atoms with van der Waals surface area (Å²) >= 11 is 13.1. The summed E-state index contributed by atoms with van der Waals surface area (Å²) in [6.07, 6.45) is 3.67. The van der Waals surface area contributed by atoms with Crippen molar-refractivity contribution in [2.24, 2.45) is 0 Å². The molecular weight excluding hydrogens is 437 g/mol. The van der Waals surface area contributed by atoms with Gasteiger partial charge in [-0.05, 0) is 30.7 Å². The molecule has 6 nitrogen and oxygen atoms in total. The standard InChI is InChI=1S/C23H21Cl2N3O3/c1-12-4-5-16(15(26)6-12)28-20-9-17-13(10-27-20)7-14(11-31-17)21-22(24)18(29-2)8-19(30-3)23(21)25/h4-10H,11,26H2,1-3H3,(H,27,28). The summed E-state index contributed by atoms with van der Waals surface area (Å²) in [5.74, 6) is 2.26. The first kappa shape index (κ1) is 21.2. The van der Waals surface area contributed by atoms with E-state index in [0.29, 0.717) is 44.4 Å². The molecule has 0 fully saturated rings. The minimum Gasteiger partial charge on any atom is -0.495 e. The van der Waals surface area contributed by atoms with Crippen LogP contribution in [0.25, 0.3) is 11.6 Å². The van der Waals surface area contributed by atoms with Crippen molar-refractivity contribution in [2.45, 2.75) is 6.92 Å². The number of hydrogen-bond acceptors (Lipinski definition) is 6. The van der Waals surface area contributed by atoms with Crippen LogP contribution >= 0.6 is 23.2 Å². The number of anilines is 3. The lowest BCUT2D eigenvalue weighted by atomic mass is 10.0. The Hall–Kier alpha value is -3.09. The minimum atomic E-state index is 0.277. The molecule has 1 aliphatic rings. The molecule has 2 aromatic carbocycles. The van der Waals surface area contributed by atoms with Crippen LogP contribution in [-0.4, -0.2) is 25.8 Å². The van der Waals surface area contributed by atoms with Gasteiger partial charge in [0, 0.05) is 35.0 Å². The van der Waals surface area contributed by atoms with E-state index in [-0.39, 0.29) is 6.61 Å². The van der Waals surface area contributed by atoms with Crippen LogP contribution in [0.4, 0.5) is 17.2 Å². The second-order valence-electron chi connectivity index (χ2n) is 7.07. The van der Waals surface area contributed by atoms with Crippen molar-refractivity contribution in [2.75, 3.05) is 31.9 Å². The van der Waals surface area contributed by atoms with Crippen molar-refractivity contribution >= 4 is 52.0 Å². The number of nitrogens with zero attached hydrogens (tertiary/aromatic N) is 1. The Bertz CT molecular complexity index is 1170.